The molecule has 0 bridgehead atoms. The predicted octanol–water partition coefficient (Wildman–Crippen LogP) is 2.90. The van der Waals surface area contributed by atoms with Gasteiger partial charge >= 0.3 is 0 Å². The molecule has 2 amide bonds. The zero-order chi connectivity index (χ0) is 18.5. The van der Waals surface area contributed by atoms with E-state index in [2.05, 4.69) is 29.4 Å². The van der Waals surface area contributed by atoms with E-state index in [1.165, 1.54) is 0 Å². The number of rotatable bonds is 5. The number of para-hydroxylation sites is 1. The Morgan fingerprint density at radius 3 is 2.50 bits per heavy atom. The van der Waals surface area contributed by atoms with E-state index >= 15 is 0 Å². The van der Waals surface area contributed by atoms with E-state index in [4.69, 9.17) is 0 Å². The van der Waals surface area contributed by atoms with Crippen LogP contribution >= 0.6 is 0 Å². The van der Waals surface area contributed by atoms with Gasteiger partial charge in [0.1, 0.15) is 0 Å². The van der Waals surface area contributed by atoms with Crippen LogP contribution in [0.2, 0.25) is 0 Å². The van der Waals surface area contributed by atoms with Crippen molar-refractivity contribution in [1.82, 2.24) is 10.2 Å². The summed E-state index contributed by atoms with van der Waals surface area (Å²) in [5.41, 5.74) is 2.50. The maximum Gasteiger partial charge on any atom is 0.255 e. The van der Waals surface area contributed by atoms with Crippen molar-refractivity contribution in [3.05, 3.63) is 65.7 Å². The van der Waals surface area contributed by atoms with Gasteiger partial charge in [-0.15, -0.1) is 0 Å². The third-order valence-corrected chi connectivity index (χ3v) is 4.63. The second-order valence-corrected chi connectivity index (χ2v) is 6.97. The minimum Gasteiger partial charge on any atom is -0.353 e. The Hall–Kier alpha value is -2.66. The van der Waals surface area contributed by atoms with Gasteiger partial charge in [0.15, 0.2) is 0 Å². The summed E-state index contributed by atoms with van der Waals surface area (Å²) in [5, 5.41) is 5.83. The van der Waals surface area contributed by atoms with Crippen molar-refractivity contribution in [3.63, 3.8) is 0 Å². The lowest BCUT2D eigenvalue weighted by molar-refractivity contribution is -0.131. The van der Waals surface area contributed by atoms with Crippen LogP contribution in [0.4, 0.5) is 5.69 Å². The van der Waals surface area contributed by atoms with Crippen LogP contribution in [0, 0.1) is 5.92 Å². The Balaban J connectivity index is 1.65. The molecule has 1 heterocycles. The number of benzene rings is 2. The van der Waals surface area contributed by atoms with Crippen molar-refractivity contribution in [2.24, 2.45) is 5.92 Å². The number of hydrogen-bond donors (Lipinski definition) is 2. The minimum atomic E-state index is -0.125. The van der Waals surface area contributed by atoms with Crippen molar-refractivity contribution in [3.8, 4) is 0 Å². The highest BCUT2D eigenvalue weighted by atomic mass is 16.2. The number of anilines is 1. The first kappa shape index (κ1) is 18.1. The second kappa shape index (κ2) is 8.15. The largest absolute Gasteiger partial charge is 0.353 e. The number of nitrogens with one attached hydrogen (secondary N) is 2. The van der Waals surface area contributed by atoms with Gasteiger partial charge in [-0.2, -0.15) is 0 Å². The summed E-state index contributed by atoms with van der Waals surface area (Å²) in [6.07, 6.45) is 0. The molecule has 1 aliphatic rings. The predicted molar refractivity (Wildman–Crippen MR) is 103 cm³/mol. The van der Waals surface area contributed by atoms with Crippen molar-refractivity contribution in [2.45, 2.75) is 26.4 Å². The maximum absolute atomic E-state index is 12.3. The van der Waals surface area contributed by atoms with Crippen molar-refractivity contribution in [2.75, 3.05) is 18.4 Å². The Kier molecular flexibility index (Phi) is 5.68. The highest BCUT2D eigenvalue weighted by Gasteiger charge is 2.31. The zero-order valence-electron chi connectivity index (χ0n) is 15.2. The topological polar surface area (TPSA) is 61.4 Å². The molecular formula is C21H25N3O2. The van der Waals surface area contributed by atoms with Crippen molar-refractivity contribution in [1.29, 1.82) is 0 Å². The van der Waals surface area contributed by atoms with Gasteiger partial charge in [0.05, 0.1) is 6.04 Å². The monoisotopic (exact) mass is 351 g/mol. The van der Waals surface area contributed by atoms with E-state index < -0.39 is 0 Å². The minimum absolute atomic E-state index is 0.102. The summed E-state index contributed by atoms with van der Waals surface area (Å²) in [5.74, 6) is 0.233. The molecule has 0 aromatic heterocycles. The average molecular weight is 351 g/mol. The van der Waals surface area contributed by atoms with Crippen LogP contribution in [0.1, 0.15) is 29.8 Å². The van der Waals surface area contributed by atoms with Gasteiger partial charge in [0.25, 0.3) is 5.91 Å². The van der Waals surface area contributed by atoms with Crippen LogP contribution in [0.5, 0.6) is 0 Å². The first-order chi connectivity index (χ1) is 12.5. The number of hydrogen-bond acceptors (Lipinski definition) is 3. The van der Waals surface area contributed by atoms with E-state index in [9.17, 15) is 9.59 Å². The molecule has 5 heteroatoms. The van der Waals surface area contributed by atoms with E-state index in [0.717, 1.165) is 17.8 Å². The summed E-state index contributed by atoms with van der Waals surface area (Å²) in [4.78, 5) is 26.7. The fourth-order valence-corrected chi connectivity index (χ4v) is 3.35. The molecule has 2 aromatic rings. The van der Waals surface area contributed by atoms with Gasteiger partial charge in [-0.3, -0.25) is 14.5 Å². The second-order valence-electron chi connectivity index (χ2n) is 6.97. The van der Waals surface area contributed by atoms with Crippen molar-refractivity contribution >= 4 is 17.5 Å². The van der Waals surface area contributed by atoms with Crippen LogP contribution in [0.25, 0.3) is 0 Å². The molecular weight excluding hydrogens is 326 g/mol. The molecule has 3 rings (SSSR count). The fraction of sp³-hybridized carbons (Fsp3) is 0.333. The van der Waals surface area contributed by atoms with Gasteiger partial charge in [-0.25, -0.2) is 0 Å². The Bertz CT molecular complexity index is 757. The van der Waals surface area contributed by atoms with E-state index in [0.29, 0.717) is 18.7 Å². The number of amides is 2. The molecule has 0 saturated carbocycles. The van der Waals surface area contributed by atoms with Gasteiger partial charge in [-0.05, 0) is 35.7 Å². The summed E-state index contributed by atoms with van der Waals surface area (Å²) >= 11 is 0. The van der Waals surface area contributed by atoms with Crippen LogP contribution in [-0.2, 0) is 11.3 Å². The molecule has 2 aromatic carbocycles. The molecule has 1 atom stereocenters. The van der Waals surface area contributed by atoms with E-state index in [-0.39, 0.29) is 23.8 Å². The summed E-state index contributed by atoms with van der Waals surface area (Å²) < 4.78 is 0. The summed E-state index contributed by atoms with van der Waals surface area (Å²) in [6.45, 7) is 6.36. The molecule has 26 heavy (non-hydrogen) atoms. The fourth-order valence-electron chi connectivity index (χ4n) is 3.35. The van der Waals surface area contributed by atoms with Crippen LogP contribution < -0.4 is 10.6 Å². The number of carbonyl (C=O) groups is 2. The number of nitrogens with zero attached hydrogens (tertiary/aromatic N) is 1. The molecule has 2 N–H and O–H groups in total. The lowest BCUT2D eigenvalue weighted by atomic mass is 9.98. The van der Waals surface area contributed by atoms with Gasteiger partial charge in [0.2, 0.25) is 5.91 Å². The molecule has 1 unspecified atom stereocenters. The zero-order valence-corrected chi connectivity index (χ0v) is 15.2. The molecule has 0 spiro atoms. The molecule has 0 aliphatic carbocycles. The van der Waals surface area contributed by atoms with E-state index in [1.54, 1.807) is 0 Å². The lowest BCUT2D eigenvalue weighted by Crippen LogP contribution is -2.56. The average Bonchev–Trinajstić information content (AvgIpc) is 2.63. The number of carbonyl (C=O) groups excluding carboxylic acids is 2. The Morgan fingerprint density at radius 2 is 1.85 bits per heavy atom. The Morgan fingerprint density at radius 1 is 1.15 bits per heavy atom. The van der Waals surface area contributed by atoms with Gasteiger partial charge in [0, 0.05) is 30.9 Å². The van der Waals surface area contributed by atoms with Crippen LogP contribution in [-0.4, -0.2) is 35.8 Å². The van der Waals surface area contributed by atoms with E-state index in [1.807, 2.05) is 54.6 Å². The maximum atomic E-state index is 12.3. The highest BCUT2D eigenvalue weighted by molar-refractivity contribution is 6.04. The molecule has 136 valence electrons. The lowest BCUT2D eigenvalue weighted by Gasteiger charge is -2.37. The summed E-state index contributed by atoms with van der Waals surface area (Å²) in [6, 6.07) is 16.9. The molecule has 1 saturated heterocycles. The molecule has 5 nitrogen and oxygen atoms in total. The molecule has 1 fully saturated rings. The number of piperazine rings is 1. The van der Waals surface area contributed by atoms with Crippen molar-refractivity contribution < 1.29 is 9.59 Å². The first-order valence-electron chi connectivity index (χ1n) is 9.01. The quantitative estimate of drug-likeness (QED) is 0.871. The molecule has 1 aliphatic heterocycles. The SMILES string of the molecule is CC(C)C1C(=O)NCCN1Cc1ccc(C(=O)Nc2ccccc2)cc1. The normalized spacial score (nSPS) is 17.8. The summed E-state index contributed by atoms with van der Waals surface area (Å²) in [7, 11) is 0. The first-order valence-corrected chi connectivity index (χ1v) is 9.01. The highest BCUT2D eigenvalue weighted by Crippen LogP contribution is 2.18. The van der Waals surface area contributed by atoms with Gasteiger partial charge < -0.3 is 10.6 Å². The molecule has 0 radical (unpaired) electrons. The smallest absolute Gasteiger partial charge is 0.255 e. The van der Waals surface area contributed by atoms with Gasteiger partial charge in [-0.1, -0.05) is 44.2 Å². The van der Waals surface area contributed by atoms with Crippen LogP contribution in [0.15, 0.2) is 54.6 Å². The van der Waals surface area contributed by atoms with Crippen LogP contribution in [0.3, 0.4) is 0 Å². The third kappa shape index (κ3) is 4.29. The Labute approximate surface area is 154 Å². The third-order valence-electron chi connectivity index (χ3n) is 4.63. The standard InChI is InChI=1S/C21H25N3O2/c1-15(2)19-21(26)22-12-13-24(19)14-16-8-10-17(11-9-16)20(25)23-18-6-4-3-5-7-18/h3-11,15,19H,12-14H2,1-2H3,(H,22,26)(H,23,25).